The third-order valence-corrected chi connectivity index (χ3v) is 2.99. The Morgan fingerprint density at radius 3 is 2.50 bits per heavy atom. The van der Waals surface area contributed by atoms with Crippen molar-refractivity contribution in [1.29, 1.82) is 5.26 Å². The molecule has 20 heavy (non-hydrogen) atoms. The van der Waals surface area contributed by atoms with Gasteiger partial charge in [0.1, 0.15) is 12.4 Å². The predicted molar refractivity (Wildman–Crippen MR) is 77.3 cm³/mol. The van der Waals surface area contributed by atoms with Crippen LogP contribution in [0.15, 0.2) is 48.5 Å². The molecule has 0 aliphatic rings. The molecule has 3 nitrogen and oxygen atoms in total. The number of aliphatic hydroxyl groups is 1. The van der Waals surface area contributed by atoms with Crippen LogP contribution >= 0.6 is 0 Å². The van der Waals surface area contributed by atoms with E-state index in [1.54, 1.807) is 13.0 Å². The van der Waals surface area contributed by atoms with Gasteiger partial charge in [-0.3, -0.25) is 0 Å². The maximum Gasteiger partial charge on any atom is 0.119 e. The van der Waals surface area contributed by atoms with Crippen LogP contribution in [-0.4, -0.2) is 11.2 Å². The molecule has 0 radical (unpaired) electrons. The van der Waals surface area contributed by atoms with Crippen LogP contribution in [0.5, 0.6) is 5.75 Å². The molecule has 1 atom stereocenters. The monoisotopic (exact) mass is 267 g/mol. The van der Waals surface area contributed by atoms with Gasteiger partial charge in [0.05, 0.1) is 17.7 Å². The molecule has 2 aromatic carbocycles. The molecule has 0 aromatic heterocycles. The number of nitrogens with zero attached hydrogens (tertiary/aromatic N) is 1. The summed E-state index contributed by atoms with van der Waals surface area (Å²) < 4.78 is 5.68. The Balaban J connectivity index is 1.99. The number of hydrogen-bond acceptors (Lipinski definition) is 3. The van der Waals surface area contributed by atoms with E-state index in [9.17, 15) is 5.11 Å². The van der Waals surface area contributed by atoms with E-state index in [1.807, 2.05) is 42.5 Å². The molecular weight excluding hydrogens is 250 g/mol. The largest absolute Gasteiger partial charge is 0.489 e. The van der Waals surface area contributed by atoms with Gasteiger partial charge in [0.25, 0.3) is 0 Å². The highest BCUT2D eigenvalue weighted by Gasteiger charge is 2.03. The average molecular weight is 267 g/mol. The number of hydrogen-bond donors (Lipinski definition) is 1. The summed E-state index contributed by atoms with van der Waals surface area (Å²) in [5.74, 6) is 0.757. The minimum Gasteiger partial charge on any atom is -0.489 e. The lowest BCUT2D eigenvalue weighted by atomic mass is 10.1. The van der Waals surface area contributed by atoms with Crippen LogP contribution in [0.4, 0.5) is 0 Å². The fraction of sp³-hybridized carbons (Fsp3) is 0.235. The van der Waals surface area contributed by atoms with Crippen molar-refractivity contribution in [2.24, 2.45) is 0 Å². The second kappa shape index (κ2) is 6.74. The van der Waals surface area contributed by atoms with Gasteiger partial charge in [0, 0.05) is 5.56 Å². The number of rotatable bonds is 5. The van der Waals surface area contributed by atoms with Crippen molar-refractivity contribution < 1.29 is 9.84 Å². The average Bonchev–Trinajstić information content (AvgIpc) is 2.46. The molecule has 0 aliphatic carbocycles. The SMILES string of the molecule is CC(O)Cc1ccc(OCc2ccccc2C#N)cc1. The molecule has 2 aromatic rings. The van der Waals surface area contributed by atoms with E-state index in [0.717, 1.165) is 16.9 Å². The number of nitriles is 1. The van der Waals surface area contributed by atoms with E-state index >= 15 is 0 Å². The minimum atomic E-state index is -0.343. The molecule has 0 heterocycles. The molecule has 0 aliphatic heterocycles. The standard InChI is InChI=1S/C17H17NO2/c1-13(19)10-14-6-8-17(9-7-14)20-12-16-5-3-2-4-15(16)11-18/h2-9,13,19H,10,12H2,1H3. The van der Waals surface area contributed by atoms with Crippen LogP contribution < -0.4 is 4.74 Å². The van der Waals surface area contributed by atoms with Crippen LogP contribution in [0.1, 0.15) is 23.6 Å². The molecule has 1 unspecified atom stereocenters. The summed E-state index contributed by atoms with van der Waals surface area (Å²) in [6.07, 6.45) is 0.293. The topological polar surface area (TPSA) is 53.2 Å². The van der Waals surface area contributed by atoms with Crippen LogP contribution in [0, 0.1) is 11.3 Å². The first-order chi connectivity index (χ1) is 9.69. The first-order valence-electron chi connectivity index (χ1n) is 6.57. The highest BCUT2D eigenvalue weighted by Crippen LogP contribution is 2.16. The maximum atomic E-state index is 9.32. The van der Waals surface area contributed by atoms with E-state index in [1.165, 1.54) is 0 Å². The van der Waals surface area contributed by atoms with Crippen LogP contribution in [0.3, 0.4) is 0 Å². The van der Waals surface area contributed by atoms with Gasteiger partial charge < -0.3 is 9.84 Å². The van der Waals surface area contributed by atoms with E-state index in [-0.39, 0.29) is 6.10 Å². The molecule has 0 bridgehead atoms. The van der Waals surface area contributed by atoms with Gasteiger partial charge in [0.2, 0.25) is 0 Å². The zero-order valence-electron chi connectivity index (χ0n) is 11.4. The Morgan fingerprint density at radius 1 is 1.15 bits per heavy atom. The number of aliphatic hydroxyl groups excluding tert-OH is 1. The quantitative estimate of drug-likeness (QED) is 0.905. The van der Waals surface area contributed by atoms with Crippen molar-refractivity contribution in [3.8, 4) is 11.8 Å². The molecule has 2 rings (SSSR count). The van der Waals surface area contributed by atoms with Gasteiger partial charge in [-0.25, -0.2) is 0 Å². The molecule has 3 heteroatoms. The van der Waals surface area contributed by atoms with Crippen molar-refractivity contribution in [3.05, 3.63) is 65.2 Å². The van der Waals surface area contributed by atoms with Crippen molar-refractivity contribution in [1.82, 2.24) is 0 Å². The second-order valence-electron chi connectivity index (χ2n) is 4.75. The molecule has 0 saturated carbocycles. The molecule has 0 amide bonds. The molecular formula is C17H17NO2. The van der Waals surface area contributed by atoms with Gasteiger partial charge in [-0.05, 0) is 37.1 Å². The Kier molecular flexibility index (Phi) is 4.75. The van der Waals surface area contributed by atoms with E-state index in [0.29, 0.717) is 18.6 Å². The third-order valence-electron chi connectivity index (χ3n) is 2.99. The van der Waals surface area contributed by atoms with Gasteiger partial charge in [-0.1, -0.05) is 30.3 Å². The normalized spacial score (nSPS) is 11.7. The van der Waals surface area contributed by atoms with Gasteiger partial charge in [-0.15, -0.1) is 0 Å². The lowest BCUT2D eigenvalue weighted by Crippen LogP contribution is -2.04. The van der Waals surface area contributed by atoms with Crippen molar-refractivity contribution >= 4 is 0 Å². The fourth-order valence-electron chi connectivity index (χ4n) is 1.98. The summed E-state index contributed by atoms with van der Waals surface area (Å²) in [6, 6.07) is 17.2. The van der Waals surface area contributed by atoms with Gasteiger partial charge in [-0.2, -0.15) is 5.26 Å². The smallest absolute Gasteiger partial charge is 0.119 e. The molecule has 0 saturated heterocycles. The van der Waals surface area contributed by atoms with Crippen molar-refractivity contribution in [3.63, 3.8) is 0 Å². The van der Waals surface area contributed by atoms with Crippen LogP contribution in [-0.2, 0) is 13.0 Å². The summed E-state index contributed by atoms with van der Waals surface area (Å²) >= 11 is 0. The third kappa shape index (κ3) is 3.84. The first-order valence-corrected chi connectivity index (χ1v) is 6.57. The van der Waals surface area contributed by atoms with Gasteiger partial charge >= 0.3 is 0 Å². The summed E-state index contributed by atoms with van der Waals surface area (Å²) in [6.45, 7) is 2.14. The number of ether oxygens (including phenoxy) is 1. The van der Waals surface area contributed by atoms with E-state index < -0.39 is 0 Å². The Bertz CT molecular complexity index is 597. The Labute approximate surface area is 119 Å². The summed E-state index contributed by atoms with van der Waals surface area (Å²) in [5, 5.41) is 18.3. The van der Waals surface area contributed by atoms with Crippen LogP contribution in [0.25, 0.3) is 0 Å². The number of benzene rings is 2. The van der Waals surface area contributed by atoms with Crippen molar-refractivity contribution in [2.75, 3.05) is 0 Å². The lowest BCUT2D eigenvalue weighted by Gasteiger charge is -2.09. The lowest BCUT2D eigenvalue weighted by molar-refractivity contribution is 0.195. The molecule has 0 fully saturated rings. The van der Waals surface area contributed by atoms with E-state index in [4.69, 9.17) is 10.00 Å². The summed E-state index contributed by atoms with van der Waals surface area (Å²) in [4.78, 5) is 0. The molecule has 0 spiro atoms. The predicted octanol–water partition coefficient (Wildman–Crippen LogP) is 3.06. The first kappa shape index (κ1) is 14.1. The van der Waals surface area contributed by atoms with Crippen LogP contribution in [0.2, 0.25) is 0 Å². The zero-order chi connectivity index (χ0) is 14.4. The second-order valence-corrected chi connectivity index (χ2v) is 4.75. The van der Waals surface area contributed by atoms with Gasteiger partial charge in [0.15, 0.2) is 0 Å². The maximum absolute atomic E-state index is 9.32. The summed E-state index contributed by atoms with van der Waals surface area (Å²) in [5.41, 5.74) is 2.59. The minimum absolute atomic E-state index is 0.343. The van der Waals surface area contributed by atoms with E-state index in [2.05, 4.69) is 6.07 Å². The Hall–Kier alpha value is -2.31. The highest BCUT2D eigenvalue weighted by molar-refractivity contribution is 5.37. The highest BCUT2D eigenvalue weighted by atomic mass is 16.5. The summed E-state index contributed by atoms with van der Waals surface area (Å²) in [7, 11) is 0. The Morgan fingerprint density at radius 2 is 1.85 bits per heavy atom. The fourth-order valence-corrected chi connectivity index (χ4v) is 1.98. The van der Waals surface area contributed by atoms with Crippen molar-refractivity contribution in [2.45, 2.75) is 26.1 Å². The molecule has 1 N–H and O–H groups in total. The molecule has 102 valence electrons. The zero-order valence-corrected chi connectivity index (χ0v) is 11.4.